The molecule has 0 bridgehead atoms. The molecule has 100 valence electrons. The summed E-state index contributed by atoms with van der Waals surface area (Å²) in [7, 11) is -3.19. The molecular formula is C13H20N2O2S. The van der Waals surface area contributed by atoms with Crippen molar-refractivity contribution < 1.29 is 8.42 Å². The molecule has 1 saturated heterocycles. The van der Waals surface area contributed by atoms with E-state index in [1.54, 1.807) is 4.31 Å². The highest BCUT2D eigenvalue weighted by atomic mass is 32.2. The number of sulfonamides is 1. The smallest absolute Gasteiger partial charge is 0.214 e. The van der Waals surface area contributed by atoms with Crippen molar-refractivity contribution >= 4 is 10.0 Å². The highest BCUT2D eigenvalue weighted by Gasteiger charge is 2.41. The van der Waals surface area contributed by atoms with Gasteiger partial charge in [0, 0.05) is 13.1 Å². The van der Waals surface area contributed by atoms with Gasteiger partial charge in [-0.15, -0.1) is 0 Å². The Kier molecular flexibility index (Phi) is 3.75. The van der Waals surface area contributed by atoms with Gasteiger partial charge in [-0.2, -0.15) is 4.31 Å². The second-order valence-corrected chi connectivity index (χ2v) is 6.95. The number of hydrogen-bond donors (Lipinski definition) is 1. The van der Waals surface area contributed by atoms with Crippen LogP contribution >= 0.6 is 0 Å². The standard InChI is InChI=1S/C13H20N2O2S/c1-13(11-14,12-7-3-2-4-8-12)15-9-5-6-10-18(15,16)17/h2-4,7-8H,5-6,9-11,14H2,1H3. The Morgan fingerprint density at radius 1 is 1.28 bits per heavy atom. The van der Waals surface area contributed by atoms with E-state index in [0.29, 0.717) is 6.54 Å². The molecule has 0 amide bonds. The minimum absolute atomic E-state index is 0.232. The van der Waals surface area contributed by atoms with Crippen molar-refractivity contribution in [1.29, 1.82) is 0 Å². The first kappa shape index (κ1) is 13.5. The number of rotatable bonds is 3. The van der Waals surface area contributed by atoms with Crippen molar-refractivity contribution in [2.24, 2.45) is 5.73 Å². The van der Waals surface area contributed by atoms with E-state index in [9.17, 15) is 8.42 Å². The van der Waals surface area contributed by atoms with Crippen LogP contribution in [-0.2, 0) is 15.6 Å². The molecule has 1 fully saturated rings. The van der Waals surface area contributed by atoms with Crippen molar-refractivity contribution in [1.82, 2.24) is 4.31 Å². The lowest BCUT2D eigenvalue weighted by Crippen LogP contribution is -2.54. The van der Waals surface area contributed by atoms with Crippen LogP contribution in [0, 0.1) is 0 Å². The van der Waals surface area contributed by atoms with E-state index in [1.165, 1.54) is 0 Å². The van der Waals surface area contributed by atoms with Crippen LogP contribution in [0.15, 0.2) is 30.3 Å². The van der Waals surface area contributed by atoms with Gasteiger partial charge in [0.25, 0.3) is 0 Å². The largest absolute Gasteiger partial charge is 0.328 e. The SMILES string of the molecule is CC(CN)(c1ccccc1)N1CCCCS1(=O)=O. The molecule has 0 spiro atoms. The van der Waals surface area contributed by atoms with E-state index in [0.717, 1.165) is 18.4 Å². The minimum atomic E-state index is -3.19. The summed E-state index contributed by atoms with van der Waals surface area (Å²) in [6.45, 7) is 2.76. The van der Waals surface area contributed by atoms with Crippen LogP contribution in [0.5, 0.6) is 0 Å². The quantitative estimate of drug-likeness (QED) is 0.898. The Morgan fingerprint density at radius 2 is 1.94 bits per heavy atom. The van der Waals surface area contributed by atoms with Crippen molar-refractivity contribution in [2.45, 2.75) is 25.3 Å². The maximum Gasteiger partial charge on any atom is 0.214 e. The van der Waals surface area contributed by atoms with E-state index in [4.69, 9.17) is 5.73 Å². The third-order valence-electron chi connectivity index (χ3n) is 3.69. The first-order valence-electron chi connectivity index (χ1n) is 6.27. The van der Waals surface area contributed by atoms with Gasteiger partial charge in [0.2, 0.25) is 10.0 Å². The maximum absolute atomic E-state index is 12.2. The topological polar surface area (TPSA) is 63.4 Å². The van der Waals surface area contributed by atoms with Gasteiger partial charge < -0.3 is 5.73 Å². The number of benzene rings is 1. The van der Waals surface area contributed by atoms with Gasteiger partial charge in [0.1, 0.15) is 0 Å². The molecule has 0 aliphatic carbocycles. The lowest BCUT2D eigenvalue weighted by molar-refractivity contribution is 0.204. The van der Waals surface area contributed by atoms with E-state index in [1.807, 2.05) is 37.3 Å². The summed E-state index contributed by atoms with van der Waals surface area (Å²) >= 11 is 0. The molecule has 1 aliphatic heterocycles. The Labute approximate surface area is 109 Å². The average molecular weight is 268 g/mol. The average Bonchev–Trinajstić information content (AvgIpc) is 2.38. The predicted molar refractivity (Wildman–Crippen MR) is 72.6 cm³/mol. The predicted octanol–water partition coefficient (Wildman–Crippen LogP) is 1.29. The maximum atomic E-state index is 12.2. The molecule has 1 aliphatic rings. The van der Waals surface area contributed by atoms with Gasteiger partial charge in [-0.3, -0.25) is 0 Å². The molecule has 1 aromatic rings. The number of nitrogens with two attached hydrogens (primary N) is 1. The van der Waals surface area contributed by atoms with E-state index in [-0.39, 0.29) is 12.3 Å². The summed E-state index contributed by atoms with van der Waals surface area (Å²) in [4.78, 5) is 0. The second kappa shape index (κ2) is 4.99. The van der Waals surface area contributed by atoms with E-state index < -0.39 is 15.6 Å². The van der Waals surface area contributed by atoms with Crippen LogP contribution in [0.3, 0.4) is 0 Å². The molecular weight excluding hydrogens is 248 g/mol. The van der Waals surface area contributed by atoms with Gasteiger partial charge >= 0.3 is 0 Å². The van der Waals surface area contributed by atoms with E-state index >= 15 is 0 Å². The van der Waals surface area contributed by atoms with Crippen LogP contribution in [-0.4, -0.2) is 31.6 Å². The molecule has 2 N–H and O–H groups in total. The molecule has 0 aromatic heterocycles. The molecule has 1 atom stereocenters. The second-order valence-electron chi connectivity index (χ2n) is 4.94. The third kappa shape index (κ3) is 2.30. The molecule has 1 heterocycles. The van der Waals surface area contributed by atoms with Crippen molar-refractivity contribution in [3.8, 4) is 0 Å². The van der Waals surface area contributed by atoms with Crippen molar-refractivity contribution in [2.75, 3.05) is 18.8 Å². The summed E-state index contributed by atoms with van der Waals surface area (Å²) in [5.74, 6) is 0.232. The molecule has 1 unspecified atom stereocenters. The van der Waals surface area contributed by atoms with E-state index in [2.05, 4.69) is 0 Å². The normalized spacial score (nSPS) is 23.4. The Hall–Kier alpha value is -0.910. The highest BCUT2D eigenvalue weighted by molar-refractivity contribution is 7.89. The lowest BCUT2D eigenvalue weighted by Gasteiger charge is -2.42. The molecule has 4 nitrogen and oxygen atoms in total. The summed E-state index contributed by atoms with van der Waals surface area (Å²) in [5, 5.41) is 0. The van der Waals surface area contributed by atoms with Crippen LogP contribution in [0.1, 0.15) is 25.3 Å². The van der Waals surface area contributed by atoms with Crippen molar-refractivity contribution in [3.05, 3.63) is 35.9 Å². The van der Waals surface area contributed by atoms with Crippen LogP contribution in [0.4, 0.5) is 0 Å². The molecule has 5 heteroatoms. The Morgan fingerprint density at radius 3 is 2.50 bits per heavy atom. The Bertz CT molecular complexity index is 501. The first-order valence-corrected chi connectivity index (χ1v) is 7.88. The first-order chi connectivity index (χ1) is 8.50. The zero-order valence-electron chi connectivity index (χ0n) is 10.7. The Balaban J connectivity index is 2.44. The monoisotopic (exact) mass is 268 g/mol. The van der Waals surface area contributed by atoms with Crippen LogP contribution in [0.2, 0.25) is 0 Å². The number of hydrogen-bond acceptors (Lipinski definition) is 3. The van der Waals surface area contributed by atoms with Crippen LogP contribution < -0.4 is 5.73 Å². The number of nitrogens with zero attached hydrogens (tertiary/aromatic N) is 1. The zero-order chi connectivity index (χ0) is 13.2. The summed E-state index contributed by atoms with van der Waals surface area (Å²) < 4.78 is 26.0. The minimum Gasteiger partial charge on any atom is -0.328 e. The molecule has 0 radical (unpaired) electrons. The molecule has 18 heavy (non-hydrogen) atoms. The van der Waals surface area contributed by atoms with Crippen molar-refractivity contribution in [3.63, 3.8) is 0 Å². The third-order valence-corrected chi connectivity index (χ3v) is 5.75. The highest BCUT2D eigenvalue weighted by Crippen LogP contribution is 2.32. The van der Waals surface area contributed by atoms with Gasteiger partial charge in [0.05, 0.1) is 11.3 Å². The molecule has 1 aromatic carbocycles. The van der Waals surface area contributed by atoms with Gasteiger partial charge in [-0.05, 0) is 25.3 Å². The fraction of sp³-hybridized carbons (Fsp3) is 0.538. The molecule has 2 rings (SSSR count). The summed E-state index contributed by atoms with van der Waals surface area (Å²) in [6.07, 6.45) is 1.65. The fourth-order valence-corrected chi connectivity index (χ4v) is 4.49. The summed E-state index contributed by atoms with van der Waals surface area (Å²) in [6, 6.07) is 9.64. The van der Waals surface area contributed by atoms with Gasteiger partial charge in [0.15, 0.2) is 0 Å². The van der Waals surface area contributed by atoms with Crippen LogP contribution in [0.25, 0.3) is 0 Å². The fourth-order valence-electron chi connectivity index (χ4n) is 2.50. The molecule has 0 saturated carbocycles. The zero-order valence-corrected chi connectivity index (χ0v) is 11.5. The van der Waals surface area contributed by atoms with Gasteiger partial charge in [-0.1, -0.05) is 30.3 Å². The lowest BCUT2D eigenvalue weighted by atomic mass is 9.92. The summed E-state index contributed by atoms with van der Waals surface area (Å²) in [5.41, 5.74) is 6.20. The van der Waals surface area contributed by atoms with Gasteiger partial charge in [-0.25, -0.2) is 8.42 Å².